The molecule has 0 saturated carbocycles. The molecule has 96 valence electrons. The fraction of sp³-hybridized carbons (Fsp3) is 0.700. The minimum Gasteiger partial charge on any atom is -0.380 e. The zero-order chi connectivity index (χ0) is 12.5. The van der Waals surface area contributed by atoms with E-state index < -0.39 is 15.3 Å². The van der Waals surface area contributed by atoms with Gasteiger partial charge in [-0.25, -0.2) is 8.42 Å². The largest absolute Gasteiger partial charge is 0.380 e. The van der Waals surface area contributed by atoms with Gasteiger partial charge in [0.1, 0.15) is 11.0 Å². The molecule has 2 heterocycles. The van der Waals surface area contributed by atoms with Crippen molar-refractivity contribution in [1.82, 2.24) is 9.46 Å². The smallest absolute Gasteiger partial charge is 0.219 e. The molecule has 0 amide bonds. The maximum atomic E-state index is 12.1. The fourth-order valence-corrected chi connectivity index (χ4v) is 3.30. The van der Waals surface area contributed by atoms with Gasteiger partial charge in [0.25, 0.3) is 0 Å². The minimum atomic E-state index is -3.30. The first-order chi connectivity index (χ1) is 8.00. The molecule has 6 nitrogen and oxygen atoms in total. The number of aromatic nitrogens is 1. The summed E-state index contributed by atoms with van der Waals surface area (Å²) in [5, 5.41) is 3.35. The molecule has 1 fully saturated rings. The molecule has 0 aromatic carbocycles. The van der Waals surface area contributed by atoms with Gasteiger partial charge in [-0.2, -0.15) is 4.31 Å². The van der Waals surface area contributed by atoms with Crippen molar-refractivity contribution in [3.05, 3.63) is 17.5 Å². The van der Waals surface area contributed by atoms with Crippen LogP contribution in [-0.2, 0) is 21.3 Å². The quantitative estimate of drug-likeness (QED) is 0.789. The van der Waals surface area contributed by atoms with Gasteiger partial charge >= 0.3 is 0 Å². The maximum absolute atomic E-state index is 12.1. The van der Waals surface area contributed by atoms with Gasteiger partial charge in [-0.3, -0.25) is 0 Å². The topological polar surface area (TPSA) is 72.6 Å². The van der Waals surface area contributed by atoms with Gasteiger partial charge in [0.2, 0.25) is 10.0 Å². The first kappa shape index (κ1) is 12.5. The molecule has 0 spiro atoms. The van der Waals surface area contributed by atoms with Crippen molar-refractivity contribution >= 4 is 10.0 Å². The second kappa shape index (κ2) is 4.75. The molecule has 1 aliphatic heterocycles. The highest BCUT2D eigenvalue weighted by Crippen LogP contribution is 2.18. The Morgan fingerprint density at radius 3 is 2.88 bits per heavy atom. The molecular formula is C10H16N2O4S. The Morgan fingerprint density at radius 1 is 1.59 bits per heavy atom. The van der Waals surface area contributed by atoms with E-state index in [9.17, 15) is 8.42 Å². The van der Waals surface area contributed by atoms with E-state index in [1.807, 2.05) is 0 Å². The van der Waals surface area contributed by atoms with E-state index in [1.165, 1.54) is 4.31 Å². The number of ether oxygens (including phenoxy) is 1. The molecule has 1 aromatic rings. The Balaban J connectivity index is 2.06. The number of sulfonamides is 1. The summed E-state index contributed by atoms with van der Waals surface area (Å²) >= 11 is 0. The summed E-state index contributed by atoms with van der Waals surface area (Å²) in [4.78, 5) is 0. The first-order valence-electron chi connectivity index (χ1n) is 5.45. The average molecular weight is 260 g/mol. The van der Waals surface area contributed by atoms with Crippen LogP contribution >= 0.6 is 0 Å². The highest BCUT2D eigenvalue weighted by Gasteiger charge is 2.33. The third-order valence-corrected chi connectivity index (χ3v) is 5.02. The van der Waals surface area contributed by atoms with Crippen molar-refractivity contribution in [3.8, 4) is 0 Å². The predicted molar refractivity (Wildman–Crippen MR) is 60.9 cm³/mol. The second-order valence-corrected chi connectivity index (χ2v) is 6.54. The molecule has 0 radical (unpaired) electrons. The van der Waals surface area contributed by atoms with Gasteiger partial charge in [-0.15, -0.1) is 0 Å². The SMILES string of the molecule is Cc1cc(CN(C)S(=O)(=O)C2CCOC2)no1. The van der Waals surface area contributed by atoms with Crippen molar-refractivity contribution in [2.45, 2.75) is 25.1 Å². The summed E-state index contributed by atoms with van der Waals surface area (Å²) in [6.07, 6.45) is 0.560. The number of hydrogen-bond donors (Lipinski definition) is 0. The second-order valence-electron chi connectivity index (χ2n) is 4.22. The molecule has 1 saturated heterocycles. The van der Waals surface area contributed by atoms with Crippen molar-refractivity contribution in [1.29, 1.82) is 0 Å². The van der Waals surface area contributed by atoms with Crippen LogP contribution in [0.4, 0.5) is 0 Å². The fourth-order valence-electron chi connectivity index (χ4n) is 1.81. The van der Waals surface area contributed by atoms with Crippen molar-refractivity contribution in [2.24, 2.45) is 0 Å². The molecule has 1 aliphatic rings. The Bertz CT molecular complexity index is 476. The maximum Gasteiger partial charge on any atom is 0.219 e. The van der Waals surface area contributed by atoms with Gasteiger partial charge in [0, 0.05) is 19.7 Å². The molecule has 1 unspecified atom stereocenters. The van der Waals surface area contributed by atoms with Crippen LogP contribution < -0.4 is 0 Å². The zero-order valence-corrected chi connectivity index (χ0v) is 10.7. The number of nitrogens with zero attached hydrogens (tertiary/aromatic N) is 2. The molecule has 1 atom stereocenters. The van der Waals surface area contributed by atoms with Crippen LogP contribution in [0, 0.1) is 6.92 Å². The lowest BCUT2D eigenvalue weighted by molar-refractivity contribution is 0.198. The lowest BCUT2D eigenvalue weighted by atomic mass is 10.4. The number of rotatable bonds is 4. The molecule has 7 heteroatoms. The van der Waals surface area contributed by atoms with Crippen molar-refractivity contribution in [2.75, 3.05) is 20.3 Å². The Labute approximate surface area is 101 Å². The van der Waals surface area contributed by atoms with E-state index in [0.29, 0.717) is 24.5 Å². The standard InChI is InChI=1S/C10H16N2O4S/c1-8-5-9(11-16-8)6-12(2)17(13,14)10-3-4-15-7-10/h5,10H,3-4,6-7H2,1-2H3. The van der Waals surface area contributed by atoms with Gasteiger partial charge in [-0.1, -0.05) is 5.16 Å². The Kier molecular flexibility index (Phi) is 3.50. The lowest BCUT2D eigenvalue weighted by Crippen LogP contribution is -2.36. The molecule has 1 aromatic heterocycles. The summed E-state index contributed by atoms with van der Waals surface area (Å²) < 4.78 is 35.6. The number of hydrogen-bond acceptors (Lipinski definition) is 5. The first-order valence-corrected chi connectivity index (χ1v) is 6.95. The zero-order valence-electron chi connectivity index (χ0n) is 9.92. The van der Waals surface area contributed by atoms with E-state index in [4.69, 9.17) is 9.26 Å². The van der Waals surface area contributed by atoms with Crippen molar-refractivity contribution < 1.29 is 17.7 Å². The summed E-state index contributed by atoms with van der Waals surface area (Å²) in [7, 11) is -1.75. The molecule has 17 heavy (non-hydrogen) atoms. The van der Waals surface area contributed by atoms with Crippen LogP contribution in [0.5, 0.6) is 0 Å². The van der Waals surface area contributed by atoms with E-state index in [-0.39, 0.29) is 13.2 Å². The van der Waals surface area contributed by atoms with Crippen molar-refractivity contribution in [3.63, 3.8) is 0 Å². The normalized spacial score (nSPS) is 21.2. The minimum absolute atomic E-state index is 0.232. The molecule has 0 N–H and O–H groups in total. The Hall–Kier alpha value is -0.920. The van der Waals surface area contributed by atoms with E-state index in [0.717, 1.165) is 0 Å². The van der Waals surface area contributed by atoms with Gasteiger partial charge in [0.05, 0.1) is 18.8 Å². The Morgan fingerprint density at radius 2 is 2.35 bits per heavy atom. The summed E-state index contributed by atoms with van der Waals surface area (Å²) in [5.74, 6) is 0.676. The number of aryl methyl sites for hydroxylation is 1. The van der Waals surface area contributed by atoms with Crippen LogP contribution in [0.2, 0.25) is 0 Å². The molecule has 0 aliphatic carbocycles. The predicted octanol–water partition coefficient (Wildman–Crippen LogP) is 0.534. The van der Waals surface area contributed by atoms with Crippen LogP contribution in [0.15, 0.2) is 10.6 Å². The van der Waals surface area contributed by atoms with Crippen LogP contribution in [0.25, 0.3) is 0 Å². The third-order valence-electron chi connectivity index (χ3n) is 2.80. The molecule has 0 bridgehead atoms. The third kappa shape index (κ3) is 2.67. The van der Waals surface area contributed by atoms with Crippen LogP contribution in [0.3, 0.4) is 0 Å². The van der Waals surface area contributed by atoms with Crippen LogP contribution in [-0.4, -0.2) is 43.4 Å². The van der Waals surface area contributed by atoms with Gasteiger partial charge in [0.15, 0.2) is 0 Å². The van der Waals surface area contributed by atoms with Gasteiger partial charge in [-0.05, 0) is 13.3 Å². The van der Waals surface area contributed by atoms with E-state index in [2.05, 4.69) is 5.16 Å². The van der Waals surface area contributed by atoms with Crippen LogP contribution in [0.1, 0.15) is 17.9 Å². The summed E-state index contributed by atoms with van der Waals surface area (Å²) in [6.45, 7) is 2.80. The molecular weight excluding hydrogens is 244 g/mol. The molecule has 2 rings (SSSR count). The highest BCUT2D eigenvalue weighted by molar-refractivity contribution is 7.89. The monoisotopic (exact) mass is 260 g/mol. The van der Waals surface area contributed by atoms with E-state index >= 15 is 0 Å². The summed E-state index contributed by atoms with van der Waals surface area (Å²) in [5.41, 5.74) is 0.618. The summed E-state index contributed by atoms with van der Waals surface area (Å²) in [6, 6.07) is 1.73. The average Bonchev–Trinajstić information content (AvgIpc) is 2.89. The van der Waals surface area contributed by atoms with E-state index in [1.54, 1.807) is 20.0 Å². The lowest BCUT2D eigenvalue weighted by Gasteiger charge is -2.19. The van der Waals surface area contributed by atoms with Gasteiger partial charge < -0.3 is 9.26 Å². The highest BCUT2D eigenvalue weighted by atomic mass is 32.2.